The van der Waals surface area contributed by atoms with Gasteiger partial charge >= 0.3 is 0 Å². The van der Waals surface area contributed by atoms with Crippen LogP contribution in [-0.4, -0.2) is 13.0 Å². The zero-order chi connectivity index (χ0) is 13.8. The molecule has 100 valence electrons. The highest BCUT2D eigenvalue weighted by molar-refractivity contribution is 9.10. The van der Waals surface area contributed by atoms with Gasteiger partial charge < -0.3 is 15.8 Å². The van der Waals surface area contributed by atoms with Crippen molar-refractivity contribution < 1.29 is 9.53 Å². The summed E-state index contributed by atoms with van der Waals surface area (Å²) in [5.74, 6) is 0.389. The van der Waals surface area contributed by atoms with Crippen molar-refractivity contribution in [1.29, 1.82) is 0 Å². The molecule has 3 N–H and O–H groups in total. The first-order valence-corrected chi connectivity index (χ1v) is 7.22. The fourth-order valence-corrected chi connectivity index (χ4v) is 2.75. The Kier molecular flexibility index (Phi) is 4.44. The lowest BCUT2D eigenvalue weighted by Gasteiger charge is -2.09. The molecule has 0 aliphatic carbocycles. The number of anilines is 1. The fraction of sp³-hybridized carbons (Fsp3) is 0.154. The molecule has 0 bridgehead atoms. The van der Waals surface area contributed by atoms with E-state index in [1.807, 2.05) is 18.2 Å². The van der Waals surface area contributed by atoms with E-state index in [1.165, 1.54) is 11.3 Å². The largest absolute Gasteiger partial charge is 0.497 e. The van der Waals surface area contributed by atoms with E-state index in [9.17, 15) is 4.79 Å². The van der Waals surface area contributed by atoms with Crippen molar-refractivity contribution in [3.63, 3.8) is 0 Å². The number of methoxy groups -OCH3 is 1. The van der Waals surface area contributed by atoms with Gasteiger partial charge in [0.1, 0.15) is 5.75 Å². The van der Waals surface area contributed by atoms with Crippen molar-refractivity contribution in [2.24, 2.45) is 5.73 Å². The molecule has 0 aliphatic rings. The Morgan fingerprint density at radius 3 is 2.89 bits per heavy atom. The minimum atomic E-state index is -0.398. The number of ether oxygens (including phenoxy) is 1. The van der Waals surface area contributed by atoms with E-state index in [0.717, 1.165) is 20.8 Å². The zero-order valence-corrected chi connectivity index (χ0v) is 12.7. The lowest BCUT2D eigenvalue weighted by Crippen LogP contribution is -2.09. The van der Waals surface area contributed by atoms with Crippen molar-refractivity contribution in [3.8, 4) is 5.75 Å². The van der Waals surface area contributed by atoms with Gasteiger partial charge in [-0.15, -0.1) is 11.3 Å². The van der Waals surface area contributed by atoms with E-state index in [2.05, 4.69) is 21.2 Å². The third-order valence-electron chi connectivity index (χ3n) is 2.56. The van der Waals surface area contributed by atoms with Crippen molar-refractivity contribution in [1.82, 2.24) is 0 Å². The molecule has 0 saturated heterocycles. The Bertz CT molecular complexity index is 598. The molecule has 1 amide bonds. The Balaban J connectivity index is 2.07. The number of rotatable bonds is 5. The van der Waals surface area contributed by atoms with Gasteiger partial charge in [-0.3, -0.25) is 4.79 Å². The van der Waals surface area contributed by atoms with Crippen LogP contribution in [0.5, 0.6) is 5.75 Å². The monoisotopic (exact) mass is 340 g/mol. The predicted octanol–water partition coefficient (Wildman–Crippen LogP) is 3.23. The van der Waals surface area contributed by atoms with E-state index >= 15 is 0 Å². The maximum Gasteiger partial charge on any atom is 0.249 e. The number of nitrogens with two attached hydrogens (primary N) is 1. The number of halogens is 1. The number of nitrogens with one attached hydrogen (secondary N) is 1. The summed E-state index contributed by atoms with van der Waals surface area (Å²) >= 11 is 4.98. The molecule has 0 aliphatic heterocycles. The van der Waals surface area contributed by atoms with Crippen LogP contribution in [0, 0.1) is 0 Å². The highest BCUT2D eigenvalue weighted by Gasteiger charge is 2.06. The van der Waals surface area contributed by atoms with E-state index in [0.29, 0.717) is 12.1 Å². The van der Waals surface area contributed by atoms with E-state index in [4.69, 9.17) is 10.5 Å². The highest BCUT2D eigenvalue weighted by atomic mass is 79.9. The molecule has 0 saturated carbocycles. The number of benzene rings is 1. The molecular weight excluding hydrogens is 328 g/mol. The average Bonchev–Trinajstić information content (AvgIpc) is 2.87. The summed E-state index contributed by atoms with van der Waals surface area (Å²) < 4.78 is 6.14. The summed E-state index contributed by atoms with van der Waals surface area (Å²) in [5, 5.41) is 5.05. The minimum absolute atomic E-state index is 0.398. The molecule has 4 nitrogen and oxygen atoms in total. The standard InChI is InChI=1S/C13H13BrN2O2S/c1-18-9-2-3-11(14)12(5-9)16-6-10-4-8(7-19-10)13(15)17/h2-5,7,16H,6H2,1H3,(H2,15,17). The second-order valence-electron chi connectivity index (χ2n) is 3.87. The summed E-state index contributed by atoms with van der Waals surface area (Å²) in [5.41, 5.74) is 6.71. The van der Waals surface area contributed by atoms with E-state index in [-0.39, 0.29) is 0 Å². The first-order chi connectivity index (χ1) is 9.10. The van der Waals surface area contributed by atoms with Crippen LogP contribution in [0.3, 0.4) is 0 Å². The first kappa shape index (κ1) is 13.9. The third-order valence-corrected chi connectivity index (χ3v) is 4.19. The molecule has 0 atom stereocenters. The number of amides is 1. The van der Waals surface area contributed by atoms with Crippen LogP contribution in [0.25, 0.3) is 0 Å². The maximum atomic E-state index is 11.0. The SMILES string of the molecule is COc1ccc(Br)c(NCc2cc(C(N)=O)cs2)c1. The Hall–Kier alpha value is -1.53. The highest BCUT2D eigenvalue weighted by Crippen LogP contribution is 2.28. The van der Waals surface area contributed by atoms with Gasteiger partial charge in [-0.25, -0.2) is 0 Å². The molecule has 0 unspecified atom stereocenters. The van der Waals surface area contributed by atoms with Crippen molar-refractivity contribution in [2.75, 3.05) is 12.4 Å². The number of primary amides is 1. The molecular formula is C13H13BrN2O2S. The van der Waals surface area contributed by atoms with Gasteiger partial charge in [-0.05, 0) is 34.1 Å². The molecule has 0 spiro atoms. The van der Waals surface area contributed by atoms with Crippen molar-refractivity contribution in [2.45, 2.75) is 6.54 Å². The molecule has 2 aromatic rings. The van der Waals surface area contributed by atoms with E-state index in [1.54, 1.807) is 18.6 Å². The van der Waals surface area contributed by atoms with Crippen molar-refractivity contribution in [3.05, 3.63) is 44.6 Å². The Labute approximate surface area is 123 Å². The predicted molar refractivity (Wildman–Crippen MR) is 80.9 cm³/mol. The normalized spacial score (nSPS) is 10.2. The van der Waals surface area contributed by atoms with E-state index < -0.39 is 5.91 Å². The number of thiophene rings is 1. The molecule has 1 aromatic carbocycles. The topological polar surface area (TPSA) is 64.3 Å². The molecule has 0 fully saturated rings. The Morgan fingerprint density at radius 1 is 1.47 bits per heavy atom. The number of hydrogen-bond donors (Lipinski definition) is 2. The summed E-state index contributed by atoms with van der Waals surface area (Å²) in [6.45, 7) is 0.629. The molecule has 6 heteroatoms. The van der Waals surface area contributed by atoms with Crippen LogP contribution < -0.4 is 15.8 Å². The minimum Gasteiger partial charge on any atom is -0.497 e. The lowest BCUT2D eigenvalue weighted by molar-refractivity contribution is 0.100. The summed E-state index contributed by atoms with van der Waals surface area (Å²) in [6.07, 6.45) is 0. The van der Waals surface area contributed by atoms with Crippen molar-refractivity contribution >= 4 is 38.9 Å². The zero-order valence-electron chi connectivity index (χ0n) is 10.3. The number of hydrogen-bond acceptors (Lipinski definition) is 4. The Morgan fingerprint density at radius 2 is 2.26 bits per heavy atom. The van der Waals surface area contributed by atoms with Crippen LogP contribution in [0.1, 0.15) is 15.2 Å². The van der Waals surface area contributed by atoms with Gasteiger partial charge in [0.2, 0.25) is 5.91 Å². The second kappa shape index (κ2) is 6.08. The van der Waals surface area contributed by atoms with Gasteiger partial charge in [0, 0.05) is 27.3 Å². The summed E-state index contributed by atoms with van der Waals surface area (Å²) in [6, 6.07) is 7.51. The summed E-state index contributed by atoms with van der Waals surface area (Å²) in [4.78, 5) is 12.1. The number of carbonyl (C=O) groups is 1. The smallest absolute Gasteiger partial charge is 0.249 e. The van der Waals surface area contributed by atoms with Gasteiger partial charge in [0.15, 0.2) is 0 Å². The van der Waals surface area contributed by atoms with Crippen LogP contribution in [-0.2, 0) is 6.54 Å². The van der Waals surface area contributed by atoms with Crippen LogP contribution >= 0.6 is 27.3 Å². The first-order valence-electron chi connectivity index (χ1n) is 5.55. The lowest BCUT2D eigenvalue weighted by atomic mass is 10.2. The summed E-state index contributed by atoms with van der Waals surface area (Å²) in [7, 11) is 1.63. The molecule has 1 heterocycles. The molecule has 0 radical (unpaired) electrons. The quantitative estimate of drug-likeness (QED) is 0.878. The van der Waals surface area contributed by atoms with Crippen LogP contribution in [0.15, 0.2) is 34.1 Å². The fourth-order valence-electron chi connectivity index (χ4n) is 1.55. The maximum absolute atomic E-state index is 11.0. The molecule has 1 aromatic heterocycles. The van der Waals surface area contributed by atoms with Gasteiger partial charge in [0.25, 0.3) is 0 Å². The third kappa shape index (κ3) is 3.48. The molecule has 19 heavy (non-hydrogen) atoms. The van der Waals surface area contributed by atoms with Crippen LogP contribution in [0.2, 0.25) is 0 Å². The van der Waals surface area contributed by atoms with Gasteiger partial charge in [-0.1, -0.05) is 0 Å². The number of carbonyl (C=O) groups excluding carboxylic acids is 1. The average molecular weight is 341 g/mol. The van der Waals surface area contributed by atoms with Crippen LogP contribution in [0.4, 0.5) is 5.69 Å². The van der Waals surface area contributed by atoms with Gasteiger partial charge in [0.05, 0.1) is 18.4 Å². The molecule has 2 rings (SSSR count). The second-order valence-corrected chi connectivity index (χ2v) is 5.72. The van der Waals surface area contributed by atoms with Gasteiger partial charge in [-0.2, -0.15) is 0 Å².